The number of hydrogen-bond donors (Lipinski definition) is 0. The van der Waals surface area contributed by atoms with Crippen molar-refractivity contribution in [2.24, 2.45) is 0 Å². The smallest absolute Gasteiger partial charge is 0.0297 e. The maximum Gasteiger partial charge on any atom is 0.0297 e. The number of rotatable bonds is 2. The SMILES string of the molecule is C=C(Br)CN1CCSCCC1C. The molecule has 0 aromatic rings. The highest BCUT2D eigenvalue weighted by atomic mass is 79.9. The molecule has 0 aliphatic carbocycles. The molecule has 70 valence electrons. The minimum absolute atomic E-state index is 0.717. The van der Waals surface area contributed by atoms with E-state index in [1.165, 1.54) is 24.5 Å². The molecule has 1 rings (SSSR count). The predicted octanol–water partition coefficient (Wildman–Crippen LogP) is 2.72. The third-order valence-corrected chi connectivity index (χ3v) is 3.45. The van der Waals surface area contributed by atoms with E-state index in [9.17, 15) is 0 Å². The van der Waals surface area contributed by atoms with Crippen LogP contribution in [0.25, 0.3) is 0 Å². The highest BCUT2D eigenvalue weighted by molar-refractivity contribution is 9.11. The summed E-state index contributed by atoms with van der Waals surface area (Å²) in [6, 6.07) is 0.717. The van der Waals surface area contributed by atoms with Gasteiger partial charge in [-0.15, -0.1) is 0 Å². The van der Waals surface area contributed by atoms with Crippen LogP contribution in [0.15, 0.2) is 11.1 Å². The summed E-state index contributed by atoms with van der Waals surface area (Å²) in [6.07, 6.45) is 1.31. The molecular formula is C9H16BrNS. The van der Waals surface area contributed by atoms with Crippen molar-refractivity contribution in [2.45, 2.75) is 19.4 Å². The topological polar surface area (TPSA) is 3.24 Å². The van der Waals surface area contributed by atoms with Crippen LogP contribution in [0.2, 0.25) is 0 Å². The molecule has 3 heteroatoms. The van der Waals surface area contributed by atoms with Crippen molar-refractivity contribution >= 4 is 27.7 Å². The summed E-state index contributed by atoms with van der Waals surface area (Å²) in [5, 5.41) is 0. The zero-order valence-corrected chi connectivity index (χ0v) is 9.96. The molecule has 0 amide bonds. The van der Waals surface area contributed by atoms with E-state index in [0.29, 0.717) is 6.04 Å². The van der Waals surface area contributed by atoms with Gasteiger partial charge in [-0.05, 0) is 19.1 Å². The molecule has 1 unspecified atom stereocenters. The van der Waals surface area contributed by atoms with E-state index in [4.69, 9.17) is 0 Å². The second kappa shape index (κ2) is 5.30. The van der Waals surface area contributed by atoms with Crippen LogP contribution in [-0.2, 0) is 0 Å². The maximum atomic E-state index is 3.88. The predicted molar refractivity (Wildman–Crippen MR) is 61.0 cm³/mol. The Morgan fingerprint density at radius 1 is 1.67 bits per heavy atom. The highest BCUT2D eigenvalue weighted by Gasteiger charge is 2.16. The quantitative estimate of drug-likeness (QED) is 0.741. The third kappa shape index (κ3) is 3.50. The van der Waals surface area contributed by atoms with Gasteiger partial charge in [-0.2, -0.15) is 11.8 Å². The summed E-state index contributed by atoms with van der Waals surface area (Å²) >= 11 is 5.48. The molecule has 0 radical (unpaired) electrons. The van der Waals surface area contributed by atoms with Crippen LogP contribution in [0.1, 0.15) is 13.3 Å². The van der Waals surface area contributed by atoms with E-state index in [1.807, 2.05) is 0 Å². The van der Waals surface area contributed by atoms with E-state index in [1.54, 1.807) is 0 Å². The summed E-state index contributed by atoms with van der Waals surface area (Å²) in [5.41, 5.74) is 0. The van der Waals surface area contributed by atoms with Crippen molar-refractivity contribution in [2.75, 3.05) is 24.6 Å². The van der Waals surface area contributed by atoms with Gasteiger partial charge < -0.3 is 0 Å². The van der Waals surface area contributed by atoms with Gasteiger partial charge in [0.15, 0.2) is 0 Å². The standard InChI is InChI=1S/C9H16BrNS/c1-8(10)7-11-4-6-12-5-3-9(11)2/h9H,1,3-7H2,2H3. The zero-order chi connectivity index (χ0) is 8.97. The molecule has 0 aromatic heterocycles. The molecule has 0 saturated carbocycles. The maximum absolute atomic E-state index is 3.88. The fourth-order valence-electron chi connectivity index (χ4n) is 1.40. The summed E-state index contributed by atoms with van der Waals surface area (Å²) in [4.78, 5) is 2.50. The second-order valence-corrected chi connectivity index (χ2v) is 5.58. The number of nitrogens with zero attached hydrogens (tertiary/aromatic N) is 1. The van der Waals surface area contributed by atoms with Crippen LogP contribution in [0.5, 0.6) is 0 Å². The van der Waals surface area contributed by atoms with Gasteiger partial charge in [0.2, 0.25) is 0 Å². The monoisotopic (exact) mass is 249 g/mol. The molecule has 0 aromatic carbocycles. The van der Waals surface area contributed by atoms with Crippen LogP contribution in [0, 0.1) is 0 Å². The molecular weight excluding hydrogens is 234 g/mol. The van der Waals surface area contributed by atoms with Crippen molar-refractivity contribution in [3.63, 3.8) is 0 Å². The molecule has 0 bridgehead atoms. The van der Waals surface area contributed by atoms with Crippen molar-refractivity contribution in [1.82, 2.24) is 4.90 Å². The minimum Gasteiger partial charge on any atom is -0.295 e. The first-order chi connectivity index (χ1) is 5.70. The second-order valence-electron chi connectivity index (χ2n) is 3.24. The lowest BCUT2D eigenvalue weighted by Crippen LogP contribution is -2.34. The Labute approximate surface area is 87.7 Å². The first-order valence-electron chi connectivity index (χ1n) is 4.35. The van der Waals surface area contributed by atoms with Gasteiger partial charge in [-0.25, -0.2) is 0 Å². The van der Waals surface area contributed by atoms with Crippen molar-refractivity contribution in [1.29, 1.82) is 0 Å². The number of thioether (sulfide) groups is 1. The molecule has 12 heavy (non-hydrogen) atoms. The fraction of sp³-hybridized carbons (Fsp3) is 0.778. The summed E-state index contributed by atoms with van der Waals surface area (Å²) in [6.45, 7) is 8.40. The Hall–Kier alpha value is 0.530. The normalized spacial score (nSPS) is 26.7. The van der Waals surface area contributed by atoms with Gasteiger partial charge in [0.25, 0.3) is 0 Å². The number of hydrogen-bond acceptors (Lipinski definition) is 2. The summed E-state index contributed by atoms with van der Waals surface area (Å²) in [5.74, 6) is 2.58. The molecule has 1 aliphatic rings. The van der Waals surface area contributed by atoms with Gasteiger partial charge in [-0.3, -0.25) is 4.90 Å². The Balaban J connectivity index is 2.41. The van der Waals surface area contributed by atoms with E-state index in [-0.39, 0.29) is 0 Å². The van der Waals surface area contributed by atoms with E-state index in [0.717, 1.165) is 11.0 Å². The van der Waals surface area contributed by atoms with Crippen LogP contribution < -0.4 is 0 Å². The van der Waals surface area contributed by atoms with Crippen molar-refractivity contribution in [3.05, 3.63) is 11.1 Å². The average Bonchev–Trinajstić information content (AvgIpc) is 2.16. The highest BCUT2D eigenvalue weighted by Crippen LogP contribution is 2.17. The zero-order valence-electron chi connectivity index (χ0n) is 7.55. The van der Waals surface area contributed by atoms with Crippen molar-refractivity contribution < 1.29 is 0 Å². The lowest BCUT2D eigenvalue weighted by Gasteiger charge is -2.25. The lowest BCUT2D eigenvalue weighted by molar-refractivity contribution is 0.244. The Kier molecular flexibility index (Phi) is 4.69. The van der Waals surface area contributed by atoms with Gasteiger partial charge in [0.05, 0.1) is 0 Å². The molecule has 1 saturated heterocycles. The van der Waals surface area contributed by atoms with Crippen LogP contribution in [0.4, 0.5) is 0 Å². The Morgan fingerprint density at radius 2 is 2.42 bits per heavy atom. The van der Waals surface area contributed by atoms with Crippen LogP contribution in [0.3, 0.4) is 0 Å². The first kappa shape index (κ1) is 10.6. The Morgan fingerprint density at radius 3 is 3.08 bits per heavy atom. The third-order valence-electron chi connectivity index (χ3n) is 2.20. The van der Waals surface area contributed by atoms with Gasteiger partial charge in [0, 0.05) is 29.4 Å². The molecule has 0 N–H and O–H groups in total. The van der Waals surface area contributed by atoms with Crippen LogP contribution >= 0.6 is 27.7 Å². The fourth-order valence-corrected chi connectivity index (χ4v) is 2.79. The van der Waals surface area contributed by atoms with Crippen LogP contribution in [-0.4, -0.2) is 35.5 Å². The Bertz CT molecular complexity index is 161. The molecule has 1 heterocycles. The molecule has 1 fully saturated rings. The van der Waals surface area contributed by atoms with E-state index < -0.39 is 0 Å². The van der Waals surface area contributed by atoms with Crippen molar-refractivity contribution in [3.8, 4) is 0 Å². The summed E-state index contributed by atoms with van der Waals surface area (Å²) < 4.78 is 1.10. The first-order valence-corrected chi connectivity index (χ1v) is 6.30. The number of halogens is 1. The largest absolute Gasteiger partial charge is 0.295 e. The lowest BCUT2D eigenvalue weighted by atomic mass is 10.2. The van der Waals surface area contributed by atoms with Gasteiger partial charge in [-0.1, -0.05) is 22.5 Å². The van der Waals surface area contributed by atoms with Gasteiger partial charge >= 0.3 is 0 Å². The van der Waals surface area contributed by atoms with E-state index >= 15 is 0 Å². The van der Waals surface area contributed by atoms with Gasteiger partial charge in [0.1, 0.15) is 0 Å². The molecule has 0 spiro atoms. The minimum atomic E-state index is 0.717. The summed E-state index contributed by atoms with van der Waals surface area (Å²) in [7, 11) is 0. The molecule has 1 nitrogen and oxygen atoms in total. The molecule has 1 aliphatic heterocycles. The molecule has 1 atom stereocenters. The average molecular weight is 250 g/mol. The van der Waals surface area contributed by atoms with E-state index in [2.05, 4.69) is 46.1 Å².